The maximum atomic E-state index is 9.35. The lowest BCUT2D eigenvalue weighted by molar-refractivity contribution is 0.164. The van der Waals surface area contributed by atoms with E-state index < -0.39 is 6.10 Å². The number of aromatic nitrogens is 2. The summed E-state index contributed by atoms with van der Waals surface area (Å²) in [5, 5.41) is 9.35. The van der Waals surface area contributed by atoms with Gasteiger partial charge in [0, 0.05) is 18.6 Å². The van der Waals surface area contributed by atoms with E-state index in [9.17, 15) is 5.11 Å². The normalized spacial score (nSPS) is 15.6. The Hall–Kier alpha value is -1.39. The Balaban J connectivity index is 2.43. The van der Waals surface area contributed by atoms with Crippen LogP contribution < -0.4 is 5.73 Å². The van der Waals surface area contributed by atoms with Crippen molar-refractivity contribution >= 4 is 5.65 Å². The Morgan fingerprint density at radius 2 is 2.29 bits per heavy atom. The molecule has 0 amide bonds. The van der Waals surface area contributed by atoms with Crippen LogP contribution in [0.4, 0.5) is 0 Å². The zero-order chi connectivity index (χ0) is 10.1. The zero-order valence-electron chi connectivity index (χ0n) is 7.96. The molecule has 0 bridgehead atoms. The second-order valence-corrected chi connectivity index (χ2v) is 3.42. The van der Waals surface area contributed by atoms with E-state index in [0.29, 0.717) is 0 Å². The highest BCUT2D eigenvalue weighted by Crippen LogP contribution is 2.14. The molecular weight excluding hydrogens is 178 g/mol. The molecule has 0 saturated carbocycles. The number of aliphatic hydroxyl groups excluding tert-OH is 1. The van der Waals surface area contributed by atoms with Crippen molar-refractivity contribution in [2.75, 3.05) is 0 Å². The van der Waals surface area contributed by atoms with Gasteiger partial charge in [0.15, 0.2) is 0 Å². The van der Waals surface area contributed by atoms with Crippen LogP contribution in [0, 0.1) is 0 Å². The third-order valence-corrected chi connectivity index (χ3v) is 2.32. The van der Waals surface area contributed by atoms with Crippen LogP contribution in [0.15, 0.2) is 30.7 Å². The number of aliphatic hydroxyl groups is 1. The highest BCUT2D eigenvalue weighted by Gasteiger charge is 2.12. The first-order chi connectivity index (χ1) is 6.68. The van der Waals surface area contributed by atoms with Gasteiger partial charge >= 0.3 is 0 Å². The number of hydrogen-bond donors (Lipinski definition) is 2. The van der Waals surface area contributed by atoms with Crippen molar-refractivity contribution in [1.82, 2.24) is 9.38 Å². The van der Waals surface area contributed by atoms with Crippen LogP contribution >= 0.6 is 0 Å². The minimum absolute atomic E-state index is 0.346. The highest BCUT2D eigenvalue weighted by molar-refractivity contribution is 5.40. The minimum Gasteiger partial charge on any atom is -0.391 e. The molecule has 2 atom stereocenters. The van der Waals surface area contributed by atoms with Gasteiger partial charge in [0.25, 0.3) is 0 Å². The molecule has 2 heterocycles. The highest BCUT2D eigenvalue weighted by atomic mass is 16.3. The average molecular weight is 191 g/mol. The van der Waals surface area contributed by atoms with Crippen molar-refractivity contribution in [3.05, 3.63) is 36.3 Å². The quantitative estimate of drug-likeness (QED) is 0.735. The molecule has 0 unspecified atom stereocenters. The standard InChI is InChI=1S/C10H13N3O/c1-7(14)10(11)8-2-3-9-12-4-5-13(9)6-8/h2-7,10,14H,11H2,1H3/t7-,10-/m0/s1. The van der Waals surface area contributed by atoms with Gasteiger partial charge in [-0.15, -0.1) is 0 Å². The fraction of sp³-hybridized carbons (Fsp3) is 0.300. The lowest BCUT2D eigenvalue weighted by atomic mass is 10.1. The van der Waals surface area contributed by atoms with Crippen LogP contribution in [0.5, 0.6) is 0 Å². The molecule has 0 fully saturated rings. The van der Waals surface area contributed by atoms with E-state index in [1.165, 1.54) is 0 Å². The van der Waals surface area contributed by atoms with Crippen LogP contribution in [-0.4, -0.2) is 20.6 Å². The second-order valence-electron chi connectivity index (χ2n) is 3.42. The number of imidazole rings is 1. The summed E-state index contributed by atoms with van der Waals surface area (Å²) in [6.45, 7) is 1.68. The van der Waals surface area contributed by atoms with Gasteiger partial charge in [-0.05, 0) is 18.6 Å². The molecule has 0 spiro atoms. The number of nitrogens with zero attached hydrogens (tertiary/aromatic N) is 2. The molecular formula is C10H13N3O. The number of fused-ring (bicyclic) bond motifs is 1. The van der Waals surface area contributed by atoms with E-state index in [0.717, 1.165) is 11.2 Å². The van der Waals surface area contributed by atoms with Crippen LogP contribution in [0.3, 0.4) is 0 Å². The van der Waals surface area contributed by atoms with Crippen LogP contribution in [0.25, 0.3) is 5.65 Å². The van der Waals surface area contributed by atoms with Crippen molar-refractivity contribution in [2.24, 2.45) is 5.73 Å². The van der Waals surface area contributed by atoms with Gasteiger partial charge in [0.05, 0.1) is 12.1 Å². The van der Waals surface area contributed by atoms with Crippen molar-refractivity contribution in [3.63, 3.8) is 0 Å². The third kappa shape index (κ3) is 1.49. The van der Waals surface area contributed by atoms with Gasteiger partial charge in [-0.25, -0.2) is 4.98 Å². The molecule has 2 aromatic rings. The van der Waals surface area contributed by atoms with E-state index in [4.69, 9.17) is 5.73 Å². The van der Waals surface area contributed by atoms with E-state index in [-0.39, 0.29) is 6.04 Å². The van der Waals surface area contributed by atoms with Crippen molar-refractivity contribution in [1.29, 1.82) is 0 Å². The molecule has 0 aliphatic rings. The summed E-state index contributed by atoms with van der Waals surface area (Å²) in [6, 6.07) is 3.43. The first-order valence-corrected chi connectivity index (χ1v) is 4.55. The largest absolute Gasteiger partial charge is 0.391 e. The molecule has 3 N–H and O–H groups in total. The van der Waals surface area contributed by atoms with Gasteiger partial charge in [-0.3, -0.25) is 0 Å². The number of pyridine rings is 1. The molecule has 0 saturated heterocycles. The lowest BCUT2D eigenvalue weighted by Gasteiger charge is -2.14. The molecule has 74 valence electrons. The fourth-order valence-electron chi connectivity index (χ4n) is 1.41. The smallest absolute Gasteiger partial charge is 0.136 e. The Morgan fingerprint density at radius 3 is 3.00 bits per heavy atom. The van der Waals surface area contributed by atoms with E-state index in [2.05, 4.69) is 4.98 Å². The van der Waals surface area contributed by atoms with E-state index >= 15 is 0 Å². The maximum absolute atomic E-state index is 9.35. The molecule has 4 nitrogen and oxygen atoms in total. The van der Waals surface area contributed by atoms with Gasteiger partial charge in [0.2, 0.25) is 0 Å². The summed E-state index contributed by atoms with van der Waals surface area (Å²) in [7, 11) is 0. The monoisotopic (exact) mass is 191 g/mol. The molecule has 0 radical (unpaired) electrons. The summed E-state index contributed by atoms with van der Waals surface area (Å²) in [4.78, 5) is 4.12. The van der Waals surface area contributed by atoms with Gasteiger partial charge in [-0.2, -0.15) is 0 Å². The predicted octanol–water partition coefficient (Wildman–Crippen LogP) is 0.715. The Bertz CT molecular complexity index is 436. The minimum atomic E-state index is -0.545. The van der Waals surface area contributed by atoms with Gasteiger partial charge in [0.1, 0.15) is 5.65 Å². The SMILES string of the molecule is C[C@H](O)[C@H](N)c1ccc2nccn2c1. The van der Waals surface area contributed by atoms with Crippen LogP contribution in [0.2, 0.25) is 0 Å². The second kappa shape index (κ2) is 3.40. The molecule has 14 heavy (non-hydrogen) atoms. The first-order valence-electron chi connectivity index (χ1n) is 4.55. The zero-order valence-corrected chi connectivity index (χ0v) is 7.96. The third-order valence-electron chi connectivity index (χ3n) is 2.32. The Labute approximate surface area is 82.0 Å². The topological polar surface area (TPSA) is 63.5 Å². The van der Waals surface area contributed by atoms with Crippen LogP contribution in [0.1, 0.15) is 18.5 Å². The molecule has 4 heteroatoms. The van der Waals surface area contributed by atoms with Gasteiger partial charge < -0.3 is 15.2 Å². The summed E-state index contributed by atoms with van der Waals surface area (Å²) < 4.78 is 1.89. The molecule has 2 aromatic heterocycles. The number of hydrogen-bond acceptors (Lipinski definition) is 3. The van der Waals surface area contributed by atoms with Crippen LogP contribution in [-0.2, 0) is 0 Å². The molecule has 0 aromatic carbocycles. The maximum Gasteiger partial charge on any atom is 0.136 e. The summed E-state index contributed by atoms with van der Waals surface area (Å²) in [5.74, 6) is 0. The summed E-state index contributed by atoms with van der Waals surface area (Å²) in [6.07, 6.45) is 4.93. The molecule has 0 aliphatic carbocycles. The predicted molar refractivity (Wildman–Crippen MR) is 53.8 cm³/mol. The lowest BCUT2D eigenvalue weighted by Crippen LogP contribution is -2.23. The molecule has 0 aliphatic heterocycles. The Morgan fingerprint density at radius 1 is 1.50 bits per heavy atom. The number of nitrogens with two attached hydrogens (primary N) is 1. The fourth-order valence-corrected chi connectivity index (χ4v) is 1.41. The van der Waals surface area contributed by atoms with Crippen molar-refractivity contribution in [3.8, 4) is 0 Å². The summed E-state index contributed by atoms with van der Waals surface area (Å²) >= 11 is 0. The van der Waals surface area contributed by atoms with E-state index in [1.807, 2.05) is 28.9 Å². The average Bonchev–Trinajstić information content (AvgIpc) is 2.62. The van der Waals surface area contributed by atoms with Crippen molar-refractivity contribution in [2.45, 2.75) is 19.1 Å². The first kappa shape index (κ1) is 9.18. The van der Waals surface area contributed by atoms with Gasteiger partial charge in [-0.1, -0.05) is 6.07 Å². The molecule has 2 rings (SSSR count). The summed E-state index contributed by atoms with van der Waals surface area (Å²) in [5.41, 5.74) is 7.60. The Kier molecular flexibility index (Phi) is 2.23. The van der Waals surface area contributed by atoms with E-state index in [1.54, 1.807) is 13.1 Å². The number of rotatable bonds is 2. The van der Waals surface area contributed by atoms with Crippen molar-refractivity contribution < 1.29 is 5.11 Å².